The predicted octanol–water partition coefficient (Wildman–Crippen LogP) is 2.38. The summed E-state index contributed by atoms with van der Waals surface area (Å²) >= 11 is 0. The van der Waals surface area contributed by atoms with Gasteiger partial charge in [-0.15, -0.1) is 0 Å². The lowest BCUT2D eigenvalue weighted by molar-refractivity contribution is 0.258. The molecule has 0 N–H and O–H groups in total. The number of rotatable bonds is 8. The fraction of sp³-hybridized carbons (Fsp3) is 0.714. The van der Waals surface area contributed by atoms with Crippen molar-refractivity contribution in [2.45, 2.75) is 58.4 Å². The molecule has 2 aliphatic rings. The molecule has 0 spiro atoms. The quantitative estimate of drug-likeness (QED) is 0.542. The summed E-state index contributed by atoms with van der Waals surface area (Å²) in [6, 6.07) is 0.789. The van der Waals surface area contributed by atoms with Gasteiger partial charge in [-0.05, 0) is 31.6 Å². The molecule has 2 aliphatic heterocycles. The summed E-state index contributed by atoms with van der Waals surface area (Å²) in [5.41, 5.74) is 1.68. The normalized spacial score (nSPS) is 22.6. The zero-order valence-electron chi connectivity index (χ0n) is 19.9. The molecule has 2 aromatic rings. The van der Waals surface area contributed by atoms with Crippen LogP contribution in [0.15, 0.2) is 10.7 Å². The maximum atomic E-state index is 11.7. The highest BCUT2D eigenvalue weighted by Gasteiger charge is 2.25. The molecule has 0 bridgehead atoms. The summed E-state index contributed by atoms with van der Waals surface area (Å²) in [6.07, 6.45) is 7.00. The SMILES string of the molecule is [2H]C1CC(CCCOc2ncc3c(n2)CCN(S(C)(=O)=O)C3)CCN1c1nc(C(C)C)no1. The van der Waals surface area contributed by atoms with Gasteiger partial charge in [-0.25, -0.2) is 13.4 Å². The average Bonchev–Trinajstić information content (AvgIpc) is 3.26. The van der Waals surface area contributed by atoms with E-state index in [-0.39, 0.29) is 12.4 Å². The minimum atomic E-state index is -3.21. The van der Waals surface area contributed by atoms with Crippen molar-refractivity contribution in [3.63, 3.8) is 0 Å². The molecule has 4 heterocycles. The number of hydrogen-bond donors (Lipinski definition) is 0. The molecule has 0 saturated carbocycles. The van der Waals surface area contributed by atoms with Gasteiger partial charge in [-0.3, -0.25) is 0 Å². The summed E-state index contributed by atoms with van der Waals surface area (Å²) in [7, 11) is -3.21. The fourth-order valence-electron chi connectivity index (χ4n) is 3.98. The van der Waals surface area contributed by atoms with Crippen LogP contribution in [0.2, 0.25) is 0 Å². The third-order valence-electron chi connectivity index (χ3n) is 5.96. The lowest BCUT2D eigenvalue weighted by Gasteiger charge is -2.30. The Bertz CT molecular complexity index is 1060. The van der Waals surface area contributed by atoms with E-state index < -0.39 is 10.0 Å². The van der Waals surface area contributed by atoms with E-state index in [2.05, 4.69) is 20.1 Å². The largest absolute Gasteiger partial charge is 0.463 e. The molecular formula is C21H32N6O4S. The Labute approximate surface area is 190 Å². The first-order valence-corrected chi connectivity index (χ1v) is 13.0. The number of sulfonamides is 1. The van der Waals surface area contributed by atoms with Crippen LogP contribution in [0.3, 0.4) is 0 Å². The van der Waals surface area contributed by atoms with E-state index in [1.165, 1.54) is 10.6 Å². The van der Waals surface area contributed by atoms with E-state index in [4.69, 9.17) is 10.6 Å². The smallest absolute Gasteiger partial charge is 0.324 e. The van der Waals surface area contributed by atoms with E-state index in [1.807, 2.05) is 18.7 Å². The van der Waals surface area contributed by atoms with E-state index in [9.17, 15) is 8.42 Å². The molecule has 0 aromatic carbocycles. The molecule has 0 amide bonds. The molecule has 4 rings (SSSR count). The summed E-state index contributed by atoms with van der Waals surface area (Å²) in [5.74, 6) is 1.32. The molecular weight excluding hydrogens is 432 g/mol. The van der Waals surface area contributed by atoms with Gasteiger partial charge in [-0.2, -0.15) is 14.3 Å². The average molecular weight is 466 g/mol. The van der Waals surface area contributed by atoms with Crippen LogP contribution in [0, 0.1) is 5.92 Å². The number of piperidine rings is 1. The Morgan fingerprint density at radius 1 is 1.31 bits per heavy atom. The Hall–Kier alpha value is -2.27. The molecule has 11 heteroatoms. The minimum Gasteiger partial charge on any atom is -0.463 e. The van der Waals surface area contributed by atoms with Gasteiger partial charge >= 0.3 is 12.0 Å². The molecule has 32 heavy (non-hydrogen) atoms. The zero-order chi connectivity index (χ0) is 23.6. The van der Waals surface area contributed by atoms with Crippen molar-refractivity contribution in [3.05, 3.63) is 23.3 Å². The molecule has 1 fully saturated rings. The number of anilines is 1. The lowest BCUT2D eigenvalue weighted by Crippen LogP contribution is -2.35. The predicted molar refractivity (Wildman–Crippen MR) is 119 cm³/mol. The van der Waals surface area contributed by atoms with E-state index in [0.717, 1.165) is 43.5 Å². The maximum absolute atomic E-state index is 11.7. The van der Waals surface area contributed by atoms with Crippen LogP contribution in [0.1, 0.15) is 63.9 Å². The van der Waals surface area contributed by atoms with E-state index >= 15 is 0 Å². The first-order valence-electron chi connectivity index (χ1n) is 11.7. The fourth-order valence-corrected chi connectivity index (χ4v) is 4.78. The van der Waals surface area contributed by atoms with Crippen LogP contribution in [-0.2, 0) is 23.0 Å². The second-order valence-corrected chi connectivity index (χ2v) is 10.8. The molecule has 10 nitrogen and oxygen atoms in total. The van der Waals surface area contributed by atoms with Crippen molar-refractivity contribution in [3.8, 4) is 6.01 Å². The monoisotopic (exact) mass is 465 g/mol. The van der Waals surface area contributed by atoms with Crippen molar-refractivity contribution in [2.24, 2.45) is 5.92 Å². The van der Waals surface area contributed by atoms with Crippen LogP contribution in [0.25, 0.3) is 0 Å². The lowest BCUT2D eigenvalue weighted by atomic mass is 9.92. The number of fused-ring (bicyclic) bond motifs is 1. The summed E-state index contributed by atoms with van der Waals surface area (Å²) < 4.78 is 44.5. The van der Waals surface area contributed by atoms with Crippen molar-refractivity contribution >= 4 is 16.0 Å². The van der Waals surface area contributed by atoms with Crippen molar-refractivity contribution in [1.82, 2.24) is 24.4 Å². The highest BCUT2D eigenvalue weighted by atomic mass is 32.2. The molecule has 0 radical (unpaired) electrons. The minimum absolute atomic E-state index is 0.200. The third kappa shape index (κ3) is 5.55. The molecule has 2 atom stereocenters. The van der Waals surface area contributed by atoms with Gasteiger partial charge in [0.05, 0.1) is 18.6 Å². The Kier molecular flexibility index (Phi) is 6.54. The van der Waals surface area contributed by atoms with Gasteiger partial charge in [0.15, 0.2) is 5.82 Å². The van der Waals surface area contributed by atoms with Gasteiger partial charge in [0.2, 0.25) is 10.0 Å². The molecule has 1 saturated heterocycles. The molecule has 2 unspecified atom stereocenters. The summed E-state index contributed by atoms with van der Waals surface area (Å²) in [4.78, 5) is 15.0. The Balaban J connectivity index is 1.21. The number of nitrogens with zero attached hydrogens (tertiary/aromatic N) is 6. The second-order valence-electron chi connectivity index (χ2n) is 8.82. The molecule has 0 aliphatic carbocycles. The summed E-state index contributed by atoms with van der Waals surface area (Å²) in [6.45, 7) is 5.63. The number of hydrogen-bond acceptors (Lipinski definition) is 9. The Morgan fingerprint density at radius 3 is 2.88 bits per heavy atom. The standard InChI is InChI=1S/C21H32N6O4S/c1-15(2)19-24-21(31-25-19)26-9-6-16(7-10-26)5-4-12-30-20-22-13-17-14-27(32(3,28)29)11-8-18(17)23-20/h13,15-16H,4-12,14H2,1-3H3/i9D. The highest BCUT2D eigenvalue weighted by molar-refractivity contribution is 7.88. The van der Waals surface area contributed by atoms with Crippen LogP contribution >= 0.6 is 0 Å². The second kappa shape index (κ2) is 9.70. The van der Waals surface area contributed by atoms with Crippen molar-refractivity contribution in [2.75, 3.05) is 37.4 Å². The van der Waals surface area contributed by atoms with Gasteiger partial charge in [0, 0.05) is 51.6 Å². The highest BCUT2D eigenvalue weighted by Crippen LogP contribution is 2.26. The topological polar surface area (TPSA) is 115 Å². The first kappa shape index (κ1) is 21.6. The third-order valence-corrected chi connectivity index (χ3v) is 7.21. The zero-order valence-corrected chi connectivity index (χ0v) is 19.7. The van der Waals surface area contributed by atoms with E-state index in [0.29, 0.717) is 49.9 Å². The van der Waals surface area contributed by atoms with E-state index in [1.54, 1.807) is 6.20 Å². The van der Waals surface area contributed by atoms with Crippen molar-refractivity contribution < 1.29 is 19.0 Å². The van der Waals surface area contributed by atoms with Crippen LogP contribution in [0.5, 0.6) is 6.01 Å². The van der Waals surface area contributed by atoms with Gasteiger partial charge in [0.25, 0.3) is 0 Å². The molecule has 176 valence electrons. The Morgan fingerprint density at radius 2 is 2.16 bits per heavy atom. The first-order chi connectivity index (χ1) is 15.7. The van der Waals surface area contributed by atoms with Gasteiger partial charge in [0.1, 0.15) is 0 Å². The maximum Gasteiger partial charge on any atom is 0.324 e. The van der Waals surface area contributed by atoms with Gasteiger partial charge in [-0.1, -0.05) is 19.0 Å². The number of aromatic nitrogens is 4. The van der Waals surface area contributed by atoms with Crippen molar-refractivity contribution in [1.29, 1.82) is 0 Å². The summed E-state index contributed by atoms with van der Waals surface area (Å²) in [5, 5.41) is 4.01. The molecule has 2 aromatic heterocycles. The van der Waals surface area contributed by atoms with Gasteiger partial charge < -0.3 is 14.2 Å². The van der Waals surface area contributed by atoms with Crippen LogP contribution < -0.4 is 9.64 Å². The van der Waals surface area contributed by atoms with Crippen LogP contribution in [-0.4, -0.2) is 65.3 Å². The number of ether oxygens (including phenoxy) is 1. The van der Waals surface area contributed by atoms with Crippen LogP contribution in [0.4, 0.5) is 6.01 Å².